The molecule has 1 rings (SSSR count). The van der Waals surface area contributed by atoms with Crippen LogP contribution in [0.15, 0.2) is 42.5 Å². The lowest BCUT2D eigenvalue weighted by Gasteiger charge is -2.08. The molecule has 2 nitrogen and oxygen atoms in total. The maximum absolute atomic E-state index is 9.48. The lowest BCUT2D eigenvalue weighted by molar-refractivity contribution is 0.171. The summed E-state index contributed by atoms with van der Waals surface area (Å²) >= 11 is 0. The molecule has 0 radical (unpaired) electrons. The summed E-state index contributed by atoms with van der Waals surface area (Å²) in [5, 5.41) is 9.48. The van der Waals surface area contributed by atoms with Crippen molar-refractivity contribution in [3.05, 3.63) is 42.5 Å². The first-order valence-electron chi connectivity index (χ1n) is 5.22. The molecule has 0 fully saturated rings. The minimum Gasteiger partial charge on any atom is -0.490 e. The van der Waals surface area contributed by atoms with E-state index in [4.69, 9.17) is 4.74 Å². The number of rotatable bonds is 5. The second-order valence-corrected chi connectivity index (χ2v) is 3.79. The van der Waals surface area contributed by atoms with E-state index >= 15 is 0 Å². The van der Waals surface area contributed by atoms with Crippen LogP contribution in [0, 0.1) is 5.92 Å². The Morgan fingerprint density at radius 2 is 1.93 bits per heavy atom. The van der Waals surface area contributed by atoms with Crippen molar-refractivity contribution in [2.45, 2.75) is 20.0 Å². The van der Waals surface area contributed by atoms with Gasteiger partial charge in [-0.1, -0.05) is 38.1 Å². The van der Waals surface area contributed by atoms with E-state index in [0.717, 1.165) is 5.75 Å². The van der Waals surface area contributed by atoms with E-state index in [1.807, 2.05) is 50.3 Å². The number of ether oxygens (including phenoxy) is 1. The fourth-order valence-corrected chi connectivity index (χ4v) is 1.08. The van der Waals surface area contributed by atoms with Crippen molar-refractivity contribution in [1.29, 1.82) is 0 Å². The van der Waals surface area contributed by atoms with Crippen LogP contribution in [-0.4, -0.2) is 17.8 Å². The van der Waals surface area contributed by atoms with Gasteiger partial charge >= 0.3 is 0 Å². The van der Waals surface area contributed by atoms with E-state index < -0.39 is 0 Å². The summed E-state index contributed by atoms with van der Waals surface area (Å²) in [5.41, 5.74) is 0. The number of hydrogen-bond acceptors (Lipinski definition) is 2. The molecule has 0 bridgehead atoms. The number of aliphatic hydroxyl groups excluding tert-OH is 1. The van der Waals surface area contributed by atoms with E-state index in [1.54, 1.807) is 6.08 Å². The summed E-state index contributed by atoms with van der Waals surface area (Å²) in [6, 6.07) is 9.63. The highest BCUT2D eigenvalue weighted by molar-refractivity contribution is 5.21. The monoisotopic (exact) mass is 206 g/mol. The Kier molecular flexibility index (Phi) is 4.91. The van der Waals surface area contributed by atoms with Gasteiger partial charge in [0.05, 0.1) is 6.10 Å². The molecule has 0 saturated heterocycles. The van der Waals surface area contributed by atoms with E-state index in [2.05, 4.69) is 0 Å². The van der Waals surface area contributed by atoms with Crippen molar-refractivity contribution in [3.63, 3.8) is 0 Å². The number of para-hydroxylation sites is 1. The van der Waals surface area contributed by atoms with E-state index in [1.165, 1.54) is 0 Å². The highest BCUT2D eigenvalue weighted by atomic mass is 16.5. The molecule has 0 aliphatic heterocycles. The van der Waals surface area contributed by atoms with Crippen LogP contribution in [0.2, 0.25) is 0 Å². The van der Waals surface area contributed by atoms with Gasteiger partial charge in [0.2, 0.25) is 0 Å². The Bertz CT molecular complexity index is 291. The zero-order valence-corrected chi connectivity index (χ0v) is 9.26. The van der Waals surface area contributed by atoms with Gasteiger partial charge in [0.25, 0.3) is 0 Å². The second-order valence-electron chi connectivity index (χ2n) is 3.79. The van der Waals surface area contributed by atoms with Crippen LogP contribution in [-0.2, 0) is 0 Å². The topological polar surface area (TPSA) is 29.5 Å². The molecule has 0 saturated carbocycles. The highest BCUT2D eigenvalue weighted by Gasteiger charge is 2.02. The lowest BCUT2D eigenvalue weighted by Crippen LogP contribution is -2.11. The molecule has 0 aliphatic rings. The molecule has 0 heterocycles. The maximum atomic E-state index is 9.48. The van der Waals surface area contributed by atoms with Crippen LogP contribution in [0.1, 0.15) is 13.8 Å². The van der Waals surface area contributed by atoms with Gasteiger partial charge in [0.1, 0.15) is 12.4 Å². The molecular weight excluding hydrogens is 188 g/mol. The third-order valence-electron chi connectivity index (χ3n) is 2.11. The average Bonchev–Trinajstić information content (AvgIpc) is 2.25. The quantitative estimate of drug-likeness (QED) is 0.750. The summed E-state index contributed by atoms with van der Waals surface area (Å²) in [5.74, 6) is 1.10. The number of benzene rings is 1. The molecule has 2 heteroatoms. The van der Waals surface area contributed by atoms with Crippen LogP contribution in [0.4, 0.5) is 0 Å². The van der Waals surface area contributed by atoms with Crippen LogP contribution in [0.25, 0.3) is 0 Å². The van der Waals surface area contributed by atoms with Gasteiger partial charge in [-0.05, 0) is 24.1 Å². The summed E-state index contributed by atoms with van der Waals surface area (Å²) in [4.78, 5) is 0. The summed E-state index contributed by atoms with van der Waals surface area (Å²) in [6.07, 6.45) is 3.23. The first-order valence-corrected chi connectivity index (χ1v) is 5.22. The van der Waals surface area contributed by atoms with Gasteiger partial charge in [0, 0.05) is 0 Å². The minimum absolute atomic E-state index is 0.248. The SMILES string of the molecule is CC(C)C(O)/C=C\COc1ccccc1. The van der Waals surface area contributed by atoms with Crippen molar-refractivity contribution in [2.75, 3.05) is 6.61 Å². The van der Waals surface area contributed by atoms with Crippen molar-refractivity contribution >= 4 is 0 Å². The third kappa shape index (κ3) is 4.66. The third-order valence-corrected chi connectivity index (χ3v) is 2.11. The molecule has 1 N–H and O–H groups in total. The standard InChI is InChI=1S/C13H18O2/c1-11(2)13(14)9-6-10-15-12-7-4-3-5-8-12/h3-9,11,13-14H,10H2,1-2H3/b9-6-. The predicted octanol–water partition coefficient (Wildman–Crippen LogP) is 2.64. The molecule has 1 unspecified atom stereocenters. The fourth-order valence-electron chi connectivity index (χ4n) is 1.08. The van der Waals surface area contributed by atoms with E-state index in [-0.39, 0.29) is 12.0 Å². The predicted molar refractivity (Wildman–Crippen MR) is 61.9 cm³/mol. The van der Waals surface area contributed by atoms with E-state index in [0.29, 0.717) is 6.61 Å². The highest BCUT2D eigenvalue weighted by Crippen LogP contribution is 2.08. The fraction of sp³-hybridized carbons (Fsp3) is 0.385. The summed E-state index contributed by atoms with van der Waals surface area (Å²) < 4.78 is 5.44. The van der Waals surface area contributed by atoms with Crippen molar-refractivity contribution in [2.24, 2.45) is 5.92 Å². The Balaban J connectivity index is 2.28. The molecule has 0 aliphatic carbocycles. The maximum Gasteiger partial charge on any atom is 0.119 e. The molecule has 0 amide bonds. The summed E-state index contributed by atoms with van der Waals surface area (Å²) in [6.45, 7) is 4.45. The smallest absolute Gasteiger partial charge is 0.119 e. The number of hydrogen-bond donors (Lipinski definition) is 1. The Hall–Kier alpha value is -1.28. The van der Waals surface area contributed by atoms with Crippen LogP contribution in [0.5, 0.6) is 5.75 Å². The normalized spacial score (nSPS) is 13.3. The molecule has 0 aromatic heterocycles. The van der Waals surface area contributed by atoms with Crippen molar-refractivity contribution in [1.82, 2.24) is 0 Å². The first kappa shape index (κ1) is 11.8. The van der Waals surface area contributed by atoms with Crippen LogP contribution < -0.4 is 4.74 Å². The molecule has 15 heavy (non-hydrogen) atoms. The molecule has 82 valence electrons. The van der Waals surface area contributed by atoms with Gasteiger partial charge in [-0.25, -0.2) is 0 Å². The second kappa shape index (κ2) is 6.25. The molecule has 1 atom stereocenters. The molecule has 0 spiro atoms. The Morgan fingerprint density at radius 1 is 1.27 bits per heavy atom. The van der Waals surface area contributed by atoms with Gasteiger partial charge in [0.15, 0.2) is 0 Å². The molecule has 1 aromatic carbocycles. The van der Waals surface area contributed by atoms with Crippen molar-refractivity contribution in [3.8, 4) is 5.75 Å². The van der Waals surface area contributed by atoms with Crippen LogP contribution >= 0.6 is 0 Å². The van der Waals surface area contributed by atoms with Crippen molar-refractivity contribution < 1.29 is 9.84 Å². The molecule has 1 aromatic rings. The van der Waals surface area contributed by atoms with Gasteiger partial charge < -0.3 is 9.84 Å². The lowest BCUT2D eigenvalue weighted by atomic mass is 10.1. The Morgan fingerprint density at radius 3 is 2.53 bits per heavy atom. The average molecular weight is 206 g/mol. The largest absolute Gasteiger partial charge is 0.490 e. The molecular formula is C13H18O2. The summed E-state index contributed by atoms with van der Waals surface area (Å²) in [7, 11) is 0. The Labute approximate surface area is 91.2 Å². The van der Waals surface area contributed by atoms with Gasteiger partial charge in [-0.15, -0.1) is 0 Å². The zero-order valence-electron chi connectivity index (χ0n) is 9.26. The number of aliphatic hydroxyl groups is 1. The van der Waals surface area contributed by atoms with Crippen LogP contribution in [0.3, 0.4) is 0 Å². The van der Waals surface area contributed by atoms with Gasteiger partial charge in [-0.2, -0.15) is 0 Å². The van der Waals surface area contributed by atoms with Gasteiger partial charge in [-0.3, -0.25) is 0 Å². The van der Waals surface area contributed by atoms with E-state index in [9.17, 15) is 5.11 Å². The zero-order chi connectivity index (χ0) is 11.1. The minimum atomic E-state index is -0.385. The first-order chi connectivity index (χ1) is 7.20.